The van der Waals surface area contributed by atoms with Crippen LogP contribution in [0.15, 0.2) is 48.5 Å². The number of amides is 1. The molecule has 1 N–H and O–H groups in total. The number of hydrogen-bond acceptors (Lipinski definition) is 3. The van der Waals surface area contributed by atoms with Gasteiger partial charge in [-0.25, -0.2) is 0 Å². The van der Waals surface area contributed by atoms with Crippen molar-refractivity contribution in [3.8, 4) is 5.75 Å². The van der Waals surface area contributed by atoms with Gasteiger partial charge in [0.2, 0.25) is 5.91 Å². The summed E-state index contributed by atoms with van der Waals surface area (Å²) < 4.78 is 5.12. The van der Waals surface area contributed by atoms with Crippen molar-refractivity contribution in [2.24, 2.45) is 0 Å². The van der Waals surface area contributed by atoms with Crippen LogP contribution in [0.2, 0.25) is 0 Å². The van der Waals surface area contributed by atoms with Crippen molar-refractivity contribution >= 4 is 11.6 Å². The molecular formula is C22H28N2O2. The maximum atomic E-state index is 12.1. The molecule has 0 radical (unpaired) electrons. The third-order valence-electron chi connectivity index (χ3n) is 4.89. The van der Waals surface area contributed by atoms with E-state index in [1.807, 2.05) is 24.3 Å². The van der Waals surface area contributed by atoms with E-state index in [-0.39, 0.29) is 5.91 Å². The molecule has 4 heteroatoms. The lowest BCUT2D eigenvalue weighted by Crippen LogP contribution is -2.29. The standard InChI is InChI=1S/C22H28N2O2/c1-26-21-12-10-20(11-13-21)23-22(25)14-9-18-5-7-19(8-6-18)17-24-15-3-2-4-16-24/h5-8,10-13H,2-4,9,14-17H2,1H3,(H,23,25). The molecule has 0 unspecified atom stereocenters. The molecule has 0 atom stereocenters. The molecule has 138 valence electrons. The summed E-state index contributed by atoms with van der Waals surface area (Å²) in [7, 11) is 1.63. The molecular weight excluding hydrogens is 324 g/mol. The number of carbonyl (C=O) groups excluding carboxylic acids is 1. The van der Waals surface area contributed by atoms with E-state index in [0.29, 0.717) is 6.42 Å². The van der Waals surface area contributed by atoms with Gasteiger partial charge in [-0.05, 0) is 67.7 Å². The van der Waals surface area contributed by atoms with Gasteiger partial charge in [0.05, 0.1) is 7.11 Å². The summed E-state index contributed by atoms with van der Waals surface area (Å²) >= 11 is 0. The molecule has 2 aromatic carbocycles. The van der Waals surface area contributed by atoms with E-state index in [1.54, 1.807) is 7.11 Å². The molecule has 0 spiro atoms. The van der Waals surface area contributed by atoms with Crippen LogP contribution >= 0.6 is 0 Å². The van der Waals surface area contributed by atoms with Crippen molar-refractivity contribution in [3.05, 3.63) is 59.7 Å². The van der Waals surface area contributed by atoms with Gasteiger partial charge in [-0.2, -0.15) is 0 Å². The Labute approximate surface area is 156 Å². The Morgan fingerprint density at radius 3 is 2.27 bits per heavy atom. The number of ether oxygens (including phenoxy) is 1. The van der Waals surface area contributed by atoms with Gasteiger partial charge >= 0.3 is 0 Å². The van der Waals surface area contributed by atoms with Crippen LogP contribution < -0.4 is 10.1 Å². The predicted molar refractivity (Wildman–Crippen MR) is 106 cm³/mol. The maximum absolute atomic E-state index is 12.1. The van der Waals surface area contributed by atoms with Gasteiger partial charge in [0.15, 0.2) is 0 Å². The van der Waals surface area contributed by atoms with Crippen molar-refractivity contribution in [1.82, 2.24) is 4.90 Å². The Kier molecular flexibility index (Phi) is 6.67. The smallest absolute Gasteiger partial charge is 0.224 e. The maximum Gasteiger partial charge on any atom is 0.224 e. The van der Waals surface area contributed by atoms with E-state index < -0.39 is 0 Å². The fourth-order valence-corrected chi connectivity index (χ4v) is 3.34. The minimum Gasteiger partial charge on any atom is -0.497 e. The molecule has 0 saturated carbocycles. The second-order valence-corrected chi connectivity index (χ2v) is 6.93. The second kappa shape index (κ2) is 9.39. The molecule has 4 nitrogen and oxygen atoms in total. The average molecular weight is 352 g/mol. The first-order valence-electron chi connectivity index (χ1n) is 9.47. The Balaban J connectivity index is 1.44. The minimum absolute atomic E-state index is 0.0348. The Morgan fingerprint density at radius 1 is 0.962 bits per heavy atom. The van der Waals surface area contributed by atoms with E-state index >= 15 is 0 Å². The SMILES string of the molecule is COc1ccc(NC(=O)CCc2ccc(CN3CCCCC3)cc2)cc1. The zero-order valence-electron chi connectivity index (χ0n) is 15.5. The number of methoxy groups -OCH3 is 1. The monoisotopic (exact) mass is 352 g/mol. The van der Waals surface area contributed by atoms with Crippen LogP contribution in [0.4, 0.5) is 5.69 Å². The first kappa shape index (κ1) is 18.5. The van der Waals surface area contributed by atoms with Crippen LogP contribution in [0.3, 0.4) is 0 Å². The molecule has 1 amide bonds. The predicted octanol–water partition coefficient (Wildman–Crippen LogP) is 4.25. The highest BCUT2D eigenvalue weighted by Crippen LogP contribution is 2.16. The fourth-order valence-electron chi connectivity index (χ4n) is 3.34. The zero-order chi connectivity index (χ0) is 18.2. The van der Waals surface area contributed by atoms with Crippen LogP contribution in [0.5, 0.6) is 5.75 Å². The lowest BCUT2D eigenvalue weighted by molar-refractivity contribution is -0.116. The highest BCUT2D eigenvalue weighted by atomic mass is 16.5. The molecule has 1 fully saturated rings. The number of aryl methyl sites for hydroxylation is 1. The van der Waals surface area contributed by atoms with Gasteiger partial charge in [0.25, 0.3) is 0 Å². The second-order valence-electron chi connectivity index (χ2n) is 6.93. The van der Waals surface area contributed by atoms with E-state index in [4.69, 9.17) is 4.74 Å². The molecule has 1 aliphatic rings. The lowest BCUT2D eigenvalue weighted by atomic mass is 10.1. The Morgan fingerprint density at radius 2 is 1.62 bits per heavy atom. The molecule has 0 aliphatic carbocycles. The lowest BCUT2D eigenvalue weighted by Gasteiger charge is -2.26. The Bertz CT molecular complexity index is 689. The quantitative estimate of drug-likeness (QED) is 0.810. The summed E-state index contributed by atoms with van der Waals surface area (Å²) in [6, 6.07) is 16.1. The summed E-state index contributed by atoms with van der Waals surface area (Å²) in [4.78, 5) is 14.6. The van der Waals surface area contributed by atoms with Crippen molar-refractivity contribution < 1.29 is 9.53 Å². The highest BCUT2D eigenvalue weighted by molar-refractivity contribution is 5.90. The molecule has 26 heavy (non-hydrogen) atoms. The molecule has 3 rings (SSSR count). The van der Waals surface area contributed by atoms with Gasteiger partial charge in [-0.15, -0.1) is 0 Å². The van der Waals surface area contributed by atoms with E-state index in [1.165, 1.54) is 43.5 Å². The molecule has 2 aromatic rings. The van der Waals surface area contributed by atoms with Gasteiger partial charge in [0.1, 0.15) is 5.75 Å². The summed E-state index contributed by atoms with van der Waals surface area (Å²) in [6.45, 7) is 3.47. The number of nitrogens with one attached hydrogen (secondary N) is 1. The van der Waals surface area contributed by atoms with Crippen LogP contribution in [0, 0.1) is 0 Å². The number of rotatable bonds is 7. The Hall–Kier alpha value is -2.33. The van der Waals surface area contributed by atoms with Gasteiger partial charge in [-0.1, -0.05) is 30.7 Å². The van der Waals surface area contributed by atoms with Gasteiger partial charge < -0.3 is 10.1 Å². The number of likely N-dealkylation sites (tertiary alicyclic amines) is 1. The molecule has 0 bridgehead atoms. The van der Waals surface area contributed by atoms with Crippen LogP contribution in [-0.4, -0.2) is 31.0 Å². The third kappa shape index (κ3) is 5.60. The number of anilines is 1. The van der Waals surface area contributed by atoms with E-state index in [9.17, 15) is 4.79 Å². The first-order valence-corrected chi connectivity index (χ1v) is 9.47. The van der Waals surface area contributed by atoms with Gasteiger partial charge in [0, 0.05) is 18.7 Å². The largest absolute Gasteiger partial charge is 0.497 e. The summed E-state index contributed by atoms with van der Waals surface area (Å²) in [5.74, 6) is 0.820. The number of piperidine rings is 1. The van der Waals surface area contributed by atoms with Crippen molar-refractivity contribution in [1.29, 1.82) is 0 Å². The number of benzene rings is 2. The zero-order valence-corrected chi connectivity index (χ0v) is 15.5. The minimum atomic E-state index is 0.0348. The first-order chi connectivity index (χ1) is 12.7. The van der Waals surface area contributed by atoms with Crippen LogP contribution in [0.1, 0.15) is 36.8 Å². The number of hydrogen-bond donors (Lipinski definition) is 1. The van der Waals surface area contributed by atoms with Crippen molar-refractivity contribution in [2.75, 3.05) is 25.5 Å². The van der Waals surface area contributed by atoms with Gasteiger partial charge in [-0.3, -0.25) is 9.69 Å². The molecule has 1 heterocycles. The van der Waals surface area contributed by atoms with Crippen molar-refractivity contribution in [2.45, 2.75) is 38.6 Å². The summed E-state index contributed by atoms with van der Waals surface area (Å²) in [6.07, 6.45) is 5.25. The highest BCUT2D eigenvalue weighted by Gasteiger charge is 2.10. The fraction of sp³-hybridized carbons (Fsp3) is 0.409. The number of nitrogens with zero attached hydrogens (tertiary/aromatic N) is 1. The normalized spacial score (nSPS) is 14.8. The molecule has 0 aromatic heterocycles. The van der Waals surface area contributed by atoms with E-state index in [2.05, 4.69) is 34.5 Å². The molecule has 1 aliphatic heterocycles. The average Bonchev–Trinajstić information content (AvgIpc) is 2.69. The molecule has 1 saturated heterocycles. The summed E-state index contributed by atoms with van der Waals surface area (Å²) in [5, 5.41) is 2.93. The van der Waals surface area contributed by atoms with Crippen LogP contribution in [0.25, 0.3) is 0 Å². The topological polar surface area (TPSA) is 41.6 Å². The number of carbonyl (C=O) groups is 1. The summed E-state index contributed by atoms with van der Waals surface area (Å²) in [5.41, 5.74) is 3.36. The van der Waals surface area contributed by atoms with Crippen molar-refractivity contribution in [3.63, 3.8) is 0 Å². The van der Waals surface area contributed by atoms with E-state index in [0.717, 1.165) is 24.4 Å². The van der Waals surface area contributed by atoms with Crippen LogP contribution in [-0.2, 0) is 17.8 Å². The third-order valence-corrected chi connectivity index (χ3v) is 4.89.